The van der Waals surface area contributed by atoms with Crippen molar-refractivity contribution in [3.63, 3.8) is 0 Å². The lowest BCUT2D eigenvalue weighted by Gasteiger charge is -2.30. The third kappa shape index (κ3) is 2.90. The quantitative estimate of drug-likeness (QED) is 0.397. The van der Waals surface area contributed by atoms with Crippen molar-refractivity contribution in [2.24, 2.45) is 11.8 Å². The molecule has 0 bridgehead atoms. The zero-order valence-corrected chi connectivity index (χ0v) is 18.4. The van der Waals surface area contributed by atoms with E-state index in [1.165, 1.54) is 17.0 Å². The van der Waals surface area contributed by atoms with Crippen LogP contribution in [0, 0.1) is 11.8 Å². The number of para-hydroxylation sites is 1. The third-order valence-corrected chi connectivity index (χ3v) is 7.62. The summed E-state index contributed by atoms with van der Waals surface area (Å²) in [6.45, 7) is 0.804. The monoisotopic (exact) mass is 463 g/mol. The summed E-state index contributed by atoms with van der Waals surface area (Å²) in [6, 6.07) is 11.2. The first-order valence-electron chi connectivity index (χ1n) is 11.6. The van der Waals surface area contributed by atoms with Gasteiger partial charge in [0.15, 0.2) is 11.5 Å². The Morgan fingerprint density at radius 1 is 1.06 bits per heavy atom. The van der Waals surface area contributed by atoms with Gasteiger partial charge in [0.25, 0.3) is 0 Å². The number of nitrogens with one attached hydrogen (secondary N) is 2. The molecule has 2 aromatic carbocycles. The largest absolute Gasteiger partial charge is 0.504 e. The number of benzene rings is 2. The van der Waals surface area contributed by atoms with Crippen molar-refractivity contribution in [3.05, 3.63) is 53.6 Å². The van der Waals surface area contributed by atoms with Gasteiger partial charge in [-0.15, -0.1) is 0 Å². The maximum absolute atomic E-state index is 13.8. The molecule has 176 valence electrons. The summed E-state index contributed by atoms with van der Waals surface area (Å²) in [5.74, 6) is -3.15. The van der Waals surface area contributed by atoms with Crippen LogP contribution in [0.3, 0.4) is 0 Å². The average Bonchev–Trinajstić information content (AvgIpc) is 3.56. The fraction of sp³-hybridized carbons (Fsp3) is 0.400. The molecule has 9 nitrogen and oxygen atoms in total. The molecule has 0 radical (unpaired) electrons. The van der Waals surface area contributed by atoms with Crippen LogP contribution in [-0.4, -0.2) is 58.1 Å². The highest BCUT2D eigenvalue weighted by atomic mass is 16.5. The molecule has 1 spiro atoms. The Labute approximate surface area is 195 Å². The van der Waals surface area contributed by atoms with E-state index in [2.05, 4.69) is 10.6 Å². The van der Waals surface area contributed by atoms with Crippen molar-refractivity contribution >= 4 is 23.4 Å². The Morgan fingerprint density at radius 2 is 1.88 bits per heavy atom. The lowest BCUT2D eigenvalue weighted by molar-refractivity contribution is -0.144. The fourth-order valence-electron chi connectivity index (χ4n) is 6.11. The number of likely N-dealkylation sites (tertiary alicyclic amines) is 1. The van der Waals surface area contributed by atoms with Gasteiger partial charge in [-0.3, -0.25) is 24.6 Å². The van der Waals surface area contributed by atoms with Gasteiger partial charge in [0.1, 0.15) is 5.54 Å². The molecule has 2 aromatic rings. The van der Waals surface area contributed by atoms with Gasteiger partial charge in [-0.1, -0.05) is 24.3 Å². The van der Waals surface area contributed by atoms with E-state index in [9.17, 15) is 24.6 Å². The molecule has 4 aliphatic heterocycles. The Bertz CT molecular complexity index is 1210. The van der Waals surface area contributed by atoms with Gasteiger partial charge in [0.05, 0.1) is 24.5 Å². The number of hydrogen-bond acceptors (Lipinski definition) is 7. The van der Waals surface area contributed by atoms with Crippen molar-refractivity contribution in [1.29, 1.82) is 0 Å². The van der Waals surface area contributed by atoms with Crippen molar-refractivity contribution in [2.75, 3.05) is 18.5 Å². The highest BCUT2D eigenvalue weighted by Crippen LogP contribution is 2.53. The van der Waals surface area contributed by atoms with E-state index in [-0.39, 0.29) is 41.9 Å². The van der Waals surface area contributed by atoms with E-state index in [1.807, 2.05) is 18.2 Å². The lowest BCUT2D eigenvalue weighted by Crippen LogP contribution is -2.54. The van der Waals surface area contributed by atoms with Crippen LogP contribution < -0.4 is 10.6 Å². The van der Waals surface area contributed by atoms with Gasteiger partial charge < -0.3 is 20.3 Å². The second-order valence-electron chi connectivity index (χ2n) is 9.51. The summed E-state index contributed by atoms with van der Waals surface area (Å²) in [6.07, 6.45) is 1.78. The molecule has 5 atom stereocenters. The second kappa shape index (κ2) is 7.54. The first-order chi connectivity index (χ1) is 16.4. The normalized spacial score (nSPS) is 31.9. The number of phenols is 2. The van der Waals surface area contributed by atoms with Crippen molar-refractivity contribution in [1.82, 2.24) is 10.2 Å². The lowest BCUT2D eigenvalue weighted by atomic mass is 9.76. The molecule has 9 heteroatoms. The molecule has 4 aliphatic rings. The molecule has 34 heavy (non-hydrogen) atoms. The van der Waals surface area contributed by atoms with Crippen LogP contribution in [0.4, 0.5) is 5.69 Å². The Kier molecular flexibility index (Phi) is 4.69. The molecule has 6 rings (SSSR count). The fourth-order valence-corrected chi connectivity index (χ4v) is 6.11. The first kappa shape index (κ1) is 21.1. The standard InChI is InChI=1S/C25H25N3O6/c29-18-8-7-13(11-19(18)30)10-17-20-21(23(32)28(22(20)31)12-14-4-3-9-34-14)25(27-17)15-5-1-2-6-16(15)26-24(25)33/h1-2,5-8,11,14,17,20-21,27,29-30H,3-4,9-10,12H2,(H,26,33)/t14-,17+,20+,21+,25+/m1/s1. The number of rotatable bonds is 4. The SMILES string of the molecule is O=C1[C@H]2[C@H](Cc3ccc(O)c(O)c3)N[C@]3(C(=O)Nc4ccccc43)[C@@H]2C(=O)N1C[C@H]1CCCO1. The van der Waals surface area contributed by atoms with Crippen molar-refractivity contribution in [3.8, 4) is 11.5 Å². The smallest absolute Gasteiger partial charge is 0.250 e. The maximum Gasteiger partial charge on any atom is 0.250 e. The van der Waals surface area contributed by atoms with Crippen LogP contribution >= 0.6 is 0 Å². The summed E-state index contributed by atoms with van der Waals surface area (Å²) in [5.41, 5.74) is 0.599. The number of amides is 3. The molecule has 4 N–H and O–H groups in total. The number of aromatic hydroxyl groups is 2. The number of nitrogens with zero attached hydrogens (tertiary/aromatic N) is 1. The minimum atomic E-state index is -1.36. The first-order valence-corrected chi connectivity index (χ1v) is 11.6. The number of hydrogen-bond donors (Lipinski definition) is 4. The summed E-state index contributed by atoms with van der Waals surface area (Å²) < 4.78 is 5.68. The molecule has 3 saturated heterocycles. The van der Waals surface area contributed by atoms with Crippen molar-refractivity contribution < 1.29 is 29.3 Å². The van der Waals surface area contributed by atoms with Crippen LogP contribution in [0.1, 0.15) is 24.0 Å². The van der Waals surface area contributed by atoms with Gasteiger partial charge in [-0.2, -0.15) is 0 Å². The van der Waals surface area contributed by atoms with Gasteiger partial charge >= 0.3 is 0 Å². The van der Waals surface area contributed by atoms with Crippen LogP contribution in [0.2, 0.25) is 0 Å². The van der Waals surface area contributed by atoms with E-state index >= 15 is 0 Å². The molecule has 0 saturated carbocycles. The molecule has 0 aromatic heterocycles. The molecule has 3 amide bonds. The predicted molar refractivity (Wildman–Crippen MR) is 120 cm³/mol. The minimum Gasteiger partial charge on any atom is -0.504 e. The highest BCUT2D eigenvalue weighted by Gasteiger charge is 2.70. The van der Waals surface area contributed by atoms with Gasteiger partial charge in [-0.05, 0) is 43.0 Å². The van der Waals surface area contributed by atoms with E-state index < -0.39 is 23.4 Å². The van der Waals surface area contributed by atoms with E-state index in [0.29, 0.717) is 29.8 Å². The maximum atomic E-state index is 13.8. The summed E-state index contributed by atoms with van der Waals surface area (Å²) in [4.78, 5) is 42.1. The summed E-state index contributed by atoms with van der Waals surface area (Å²) in [7, 11) is 0. The number of ether oxygens (including phenoxy) is 1. The number of carbonyl (C=O) groups excluding carboxylic acids is 3. The highest BCUT2D eigenvalue weighted by molar-refractivity contribution is 6.15. The van der Waals surface area contributed by atoms with Gasteiger partial charge in [0, 0.05) is 23.9 Å². The van der Waals surface area contributed by atoms with Gasteiger partial charge in [-0.25, -0.2) is 0 Å². The Morgan fingerprint density at radius 3 is 2.65 bits per heavy atom. The zero-order valence-electron chi connectivity index (χ0n) is 18.4. The Balaban J connectivity index is 1.42. The molecule has 0 unspecified atom stereocenters. The van der Waals surface area contributed by atoms with Crippen LogP contribution in [-0.2, 0) is 31.1 Å². The number of fused-ring (bicyclic) bond motifs is 4. The molecule has 3 fully saturated rings. The van der Waals surface area contributed by atoms with E-state index in [4.69, 9.17) is 4.74 Å². The molecule has 0 aliphatic carbocycles. The summed E-state index contributed by atoms with van der Waals surface area (Å²) in [5, 5.41) is 25.9. The zero-order chi connectivity index (χ0) is 23.6. The van der Waals surface area contributed by atoms with Crippen LogP contribution in [0.25, 0.3) is 0 Å². The minimum absolute atomic E-state index is 0.187. The Hall–Kier alpha value is -3.43. The summed E-state index contributed by atoms with van der Waals surface area (Å²) >= 11 is 0. The van der Waals surface area contributed by atoms with E-state index in [0.717, 1.165) is 12.8 Å². The third-order valence-electron chi connectivity index (χ3n) is 7.62. The van der Waals surface area contributed by atoms with Crippen molar-refractivity contribution in [2.45, 2.75) is 36.9 Å². The average molecular weight is 463 g/mol. The van der Waals surface area contributed by atoms with Crippen LogP contribution in [0.15, 0.2) is 42.5 Å². The molecule has 4 heterocycles. The number of phenolic OH excluding ortho intramolecular Hbond substituents is 2. The number of anilines is 1. The predicted octanol–water partition coefficient (Wildman–Crippen LogP) is 1.24. The van der Waals surface area contributed by atoms with Gasteiger partial charge in [0.2, 0.25) is 17.7 Å². The second-order valence-corrected chi connectivity index (χ2v) is 9.51. The number of carbonyl (C=O) groups is 3. The van der Waals surface area contributed by atoms with E-state index in [1.54, 1.807) is 12.1 Å². The molecular weight excluding hydrogens is 438 g/mol. The molecular formula is C25H25N3O6. The topological polar surface area (TPSA) is 128 Å². The van der Waals surface area contributed by atoms with Crippen LogP contribution in [0.5, 0.6) is 11.5 Å². The number of imide groups is 1.